The number of H-pyrrole nitrogens is 1. The van der Waals surface area contributed by atoms with Crippen molar-refractivity contribution in [3.05, 3.63) is 47.4 Å². The van der Waals surface area contributed by atoms with Crippen LogP contribution in [0.25, 0.3) is 22.4 Å². The molecule has 0 fully saturated rings. The highest BCUT2D eigenvalue weighted by Crippen LogP contribution is 2.39. The number of hydrogen-bond acceptors (Lipinski definition) is 3. The van der Waals surface area contributed by atoms with Crippen molar-refractivity contribution in [1.82, 2.24) is 10.2 Å². The second-order valence-electron chi connectivity index (χ2n) is 4.94. The van der Waals surface area contributed by atoms with E-state index in [1.165, 1.54) is 0 Å². The first kappa shape index (κ1) is 12.5. The summed E-state index contributed by atoms with van der Waals surface area (Å²) < 4.78 is 5.71. The number of benzene rings is 1. The molecule has 3 rings (SSSR count). The molecule has 0 saturated heterocycles. The molecule has 3 aromatic rings. The molecule has 0 unspecified atom stereocenters. The van der Waals surface area contributed by atoms with E-state index in [1.807, 2.05) is 51.1 Å². The van der Waals surface area contributed by atoms with Crippen LogP contribution in [-0.4, -0.2) is 10.2 Å². The molecule has 102 valence electrons. The molecule has 20 heavy (non-hydrogen) atoms. The van der Waals surface area contributed by atoms with E-state index in [-0.39, 0.29) is 0 Å². The van der Waals surface area contributed by atoms with Crippen LogP contribution in [0.4, 0.5) is 5.82 Å². The SMILES string of the molecule is Cc1oc(C)c(-c2[nH]nc(N)c2-c2ccccc2)c1C. The number of rotatable bonds is 2. The number of nitrogen functional groups attached to an aromatic ring is 1. The molecular formula is C16H17N3O. The lowest BCUT2D eigenvalue weighted by Crippen LogP contribution is -1.89. The molecule has 0 bridgehead atoms. The van der Waals surface area contributed by atoms with Crippen molar-refractivity contribution in [3.63, 3.8) is 0 Å². The Kier molecular flexibility index (Phi) is 2.86. The Morgan fingerprint density at radius 3 is 2.30 bits per heavy atom. The maximum atomic E-state index is 6.04. The van der Waals surface area contributed by atoms with E-state index in [9.17, 15) is 0 Å². The molecule has 0 amide bonds. The molecule has 1 aromatic carbocycles. The third-order valence-corrected chi connectivity index (χ3v) is 3.67. The lowest BCUT2D eigenvalue weighted by atomic mass is 9.98. The largest absolute Gasteiger partial charge is 0.466 e. The van der Waals surface area contributed by atoms with Gasteiger partial charge in [-0.3, -0.25) is 5.10 Å². The average Bonchev–Trinajstić information content (AvgIpc) is 2.92. The van der Waals surface area contributed by atoms with Crippen LogP contribution in [-0.2, 0) is 0 Å². The van der Waals surface area contributed by atoms with Gasteiger partial charge in [0.15, 0.2) is 5.82 Å². The molecular weight excluding hydrogens is 250 g/mol. The van der Waals surface area contributed by atoms with Crippen LogP contribution in [0.2, 0.25) is 0 Å². The highest BCUT2D eigenvalue weighted by atomic mass is 16.3. The molecule has 3 N–H and O–H groups in total. The van der Waals surface area contributed by atoms with Crippen molar-refractivity contribution in [2.45, 2.75) is 20.8 Å². The quantitative estimate of drug-likeness (QED) is 0.741. The van der Waals surface area contributed by atoms with E-state index < -0.39 is 0 Å². The summed E-state index contributed by atoms with van der Waals surface area (Å²) in [6.07, 6.45) is 0. The van der Waals surface area contributed by atoms with Gasteiger partial charge < -0.3 is 10.2 Å². The molecule has 0 aliphatic rings. The monoisotopic (exact) mass is 267 g/mol. The van der Waals surface area contributed by atoms with Gasteiger partial charge in [0, 0.05) is 5.56 Å². The molecule has 0 aliphatic carbocycles. The van der Waals surface area contributed by atoms with Crippen LogP contribution in [0.5, 0.6) is 0 Å². The molecule has 0 atom stereocenters. The maximum Gasteiger partial charge on any atom is 0.153 e. The number of nitrogens with zero attached hydrogens (tertiary/aromatic N) is 1. The summed E-state index contributed by atoms with van der Waals surface area (Å²) in [6, 6.07) is 10.0. The molecule has 0 spiro atoms. The zero-order valence-electron chi connectivity index (χ0n) is 11.8. The van der Waals surface area contributed by atoms with Crippen molar-refractivity contribution in [3.8, 4) is 22.4 Å². The van der Waals surface area contributed by atoms with Crippen LogP contribution in [0, 0.1) is 20.8 Å². The van der Waals surface area contributed by atoms with Gasteiger partial charge in [-0.05, 0) is 31.9 Å². The standard InChI is InChI=1S/C16H17N3O/c1-9-10(2)20-11(3)13(9)15-14(16(17)19-18-15)12-7-5-4-6-8-12/h4-8H,1-3H3,(H3,17,18,19). The maximum absolute atomic E-state index is 6.04. The van der Waals surface area contributed by atoms with E-state index in [2.05, 4.69) is 10.2 Å². The summed E-state index contributed by atoms with van der Waals surface area (Å²) in [5.41, 5.74) is 11.1. The summed E-state index contributed by atoms with van der Waals surface area (Å²) in [4.78, 5) is 0. The number of aryl methyl sites for hydroxylation is 2. The first-order valence-electron chi connectivity index (χ1n) is 6.55. The number of aromatic amines is 1. The van der Waals surface area contributed by atoms with E-state index in [0.29, 0.717) is 5.82 Å². The highest BCUT2D eigenvalue weighted by Gasteiger charge is 2.21. The molecule has 0 aliphatic heterocycles. The van der Waals surface area contributed by atoms with Crippen molar-refractivity contribution in [2.24, 2.45) is 0 Å². The summed E-state index contributed by atoms with van der Waals surface area (Å²) >= 11 is 0. The predicted molar refractivity (Wildman–Crippen MR) is 80.3 cm³/mol. The van der Waals surface area contributed by atoms with Crippen LogP contribution in [0.15, 0.2) is 34.7 Å². The van der Waals surface area contributed by atoms with Gasteiger partial charge >= 0.3 is 0 Å². The normalized spacial score (nSPS) is 10.9. The van der Waals surface area contributed by atoms with Gasteiger partial charge in [0.25, 0.3) is 0 Å². The van der Waals surface area contributed by atoms with Crippen LogP contribution < -0.4 is 5.73 Å². The third-order valence-electron chi connectivity index (χ3n) is 3.67. The number of nitrogens with one attached hydrogen (secondary N) is 1. The lowest BCUT2D eigenvalue weighted by molar-refractivity contribution is 0.503. The molecule has 4 heteroatoms. The molecule has 4 nitrogen and oxygen atoms in total. The molecule has 0 saturated carbocycles. The van der Waals surface area contributed by atoms with Crippen LogP contribution in [0.3, 0.4) is 0 Å². The van der Waals surface area contributed by atoms with Gasteiger partial charge in [-0.25, -0.2) is 0 Å². The zero-order valence-corrected chi connectivity index (χ0v) is 11.8. The number of hydrogen-bond donors (Lipinski definition) is 2. The van der Waals surface area contributed by atoms with E-state index in [1.54, 1.807) is 0 Å². The van der Waals surface area contributed by atoms with E-state index >= 15 is 0 Å². The second kappa shape index (κ2) is 4.56. The third kappa shape index (κ3) is 1.81. The van der Waals surface area contributed by atoms with Crippen LogP contribution in [0.1, 0.15) is 17.1 Å². The fourth-order valence-corrected chi connectivity index (χ4v) is 2.59. The van der Waals surface area contributed by atoms with Gasteiger partial charge in [0.2, 0.25) is 0 Å². The van der Waals surface area contributed by atoms with E-state index in [4.69, 9.17) is 10.2 Å². The summed E-state index contributed by atoms with van der Waals surface area (Å²) in [6.45, 7) is 5.97. The zero-order chi connectivity index (χ0) is 14.3. The summed E-state index contributed by atoms with van der Waals surface area (Å²) in [5.74, 6) is 2.30. The Labute approximate surface area is 117 Å². The molecule has 0 radical (unpaired) electrons. The summed E-state index contributed by atoms with van der Waals surface area (Å²) in [5, 5.41) is 7.22. The van der Waals surface area contributed by atoms with Gasteiger partial charge in [-0.15, -0.1) is 0 Å². The fourth-order valence-electron chi connectivity index (χ4n) is 2.59. The smallest absolute Gasteiger partial charge is 0.153 e. The summed E-state index contributed by atoms with van der Waals surface area (Å²) in [7, 11) is 0. The van der Waals surface area contributed by atoms with Gasteiger partial charge in [0.05, 0.1) is 11.3 Å². The van der Waals surface area contributed by atoms with Gasteiger partial charge in [-0.2, -0.15) is 5.10 Å². The second-order valence-corrected chi connectivity index (χ2v) is 4.94. The van der Waals surface area contributed by atoms with Crippen molar-refractivity contribution in [1.29, 1.82) is 0 Å². The Hall–Kier alpha value is -2.49. The Morgan fingerprint density at radius 2 is 1.70 bits per heavy atom. The lowest BCUT2D eigenvalue weighted by Gasteiger charge is -2.05. The first-order chi connectivity index (χ1) is 9.59. The molecule has 2 aromatic heterocycles. The van der Waals surface area contributed by atoms with Gasteiger partial charge in [0.1, 0.15) is 11.5 Å². The highest BCUT2D eigenvalue weighted by molar-refractivity contribution is 5.89. The number of anilines is 1. The minimum absolute atomic E-state index is 0.504. The predicted octanol–water partition coefficient (Wildman–Crippen LogP) is 3.84. The Bertz CT molecular complexity index is 754. The van der Waals surface area contributed by atoms with Crippen molar-refractivity contribution < 1.29 is 4.42 Å². The minimum Gasteiger partial charge on any atom is -0.466 e. The van der Waals surface area contributed by atoms with Crippen molar-refractivity contribution >= 4 is 5.82 Å². The number of aromatic nitrogens is 2. The van der Waals surface area contributed by atoms with Gasteiger partial charge in [-0.1, -0.05) is 30.3 Å². The topological polar surface area (TPSA) is 67.8 Å². The van der Waals surface area contributed by atoms with Crippen LogP contribution >= 0.6 is 0 Å². The Morgan fingerprint density at radius 1 is 1.00 bits per heavy atom. The Balaban J connectivity index is 2.27. The van der Waals surface area contributed by atoms with Crippen molar-refractivity contribution in [2.75, 3.05) is 5.73 Å². The number of nitrogens with two attached hydrogens (primary N) is 1. The average molecular weight is 267 g/mol. The first-order valence-corrected chi connectivity index (χ1v) is 6.55. The minimum atomic E-state index is 0.504. The number of furan rings is 1. The van der Waals surface area contributed by atoms with E-state index in [0.717, 1.165) is 39.5 Å². The molecule has 2 heterocycles. The fraction of sp³-hybridized carbons (Fsp3) is 0.188.